The van der Waals surface area contributed by atoms with Crippen LogP contribution in [0.1, 0.15) is 117 Å². The second kappa shape index (κ2) is 19.8. The molecule has 0 unspecified atom stereocenters. The highest BCUT2D eigenvalue weighted by Gasteiger charge is 2.12. The van der Waals surface area contributed by atoms with Crippen LogP contribution in [-0.2, 0) is 4.79 Å². The summed E-state index contributed by atoms with van der Waals surface area (Å²) in [6.07, 6.45) is 18.7. The van der Waals surface area contributed by atoms with E-state index < -0.39 is 0 Å². The van der Waals surface area contributed by atoms with Gasteiger partial charge >= 0.3 is 0 Å². The van der Waals surface area contributed by atoms with Crippen LogP contribution in [-0.4, -0.2) is 35.6 Å². The van der Waals surface area contributed by atoms with E-state index in [4.69, 9.17) is 5.11 Å². The molecule has 0 saturated carbocycles. The maximum absolute atomic E-state index is 12.5. The third kappa shape index (κ3) is 16.6. The lowest BCUT2D eigenvalue weighted by Gasteiger charge is -2.23. The first-order valence-corrected chi connectivity index (χ1v) is 11.1. The van der Waals surface area contributed by atoms with Crippen molar-refractivity contribution in [1.29, 1.82) is 0 Å². The molecule has 0 aliphatic carbocycles. The smallest absolute Gasteiger partial charge is 0.222 e. The molecule has 0 heterocycles. The Morgan fingerprint density at radius 2 is 1.08 bits per heavy atom. The number of hydrogen-bond donors (Lipinski definition) is 1. The molecule has 0 spiro atoms. The fourth-order valence-electron chi connectivity index (χ4n) is 3.25. The molecule has 0 fully saturated rings. The van der Waals surface area contributed by atoms with Gasteiger partial charge in [-0.25, -0.2) is 0 Å². The van der Waals surface area contributed by atoms with E-state index in [1.165, 1.54) is 64.2 Å². The fourth-order valence-corrected chi connectivity index (χ4v) is 3.25. The van der Waals surface area contributed by atoms with Crippen LogP contribution in [0.15, 0.2) is 0 Å². The number of aliphatic hydroxyl groups excluding tert-OH is 1. The van der Waals surface area contributed by atoms with Crippen molar-refractivity contribution in [3.63, 3.8) is 0 Å². The van der Waals surface area contributed by atoms with Crippen LogP contribution >= 0.6 is 0 Å². The number of nitrogens with zero attached hydrogens (tertiary/aromatic N) is 1. The quantitative estimate of drug-likeness (QED) is 0.285. The molecule has 25 heavy (non-hydrogen) atoms. The van der Waals surface area contributed by atoms with E-state index in [0.717, 1.165) is 45.2 Å². The highest BCUT2D eigenvalue weighted by molar-refractivity contribution is 5.76. The molecule has 150 valence electrons. The number of rotatable bonds is 19. The van der Waals surface area contributed by atoms with Gasteiger partial charge in [0.15, 0.2) is 0 Å². The number of amides is 1. The van der Waals surface area contributed by atoms with Crippen LogP contribution in [0.3, 0.4) is 0 Å². The van der Waals surface area contributed by atoms with Gasteiger partial charge in [-0.2, -0.15) is 0 Å². The van der Waals surface area contributed by atoms with Gasteiger partial charge in [-0.3, -0.25) is 4.79 Å². The largest absolute Gasteiger partial charge is 0.396 e. The monoisotopic (exact) mass is 355 g/mol. The highest BCUT2D eigenvalue weighted by Crippen LogP contribution is 2.11. The van der Waals surface area contributed by atoms with E-state index in [0.29, 0.717) is 12.3 Å². The van der Waals surface area contributed by atoms with Crippen molar-refractivity contribution >= 4 is 5.91 Å². The molecule has 0 aliphatic heterocycles. The van der Waals surface area contributed by atoms with Crippen molar-refractivity contribution in [3.8, 4) is 0 Å². The van der Waals surface area contributed by atoms with E-state index in [9.17, 15) is 4.79 Å². The van der Waals surface area contributed by atoms with Gasteiger partial charge < -0.3 is 10.0 Å². The normalized spacial score (nSPS) is 11.0. The van der Waals surface area contributed by atoms with E-state index >= 15 is 0 Å². The Morgan fingerprint density at radius 3 is 1.56 bits per heavy atom. The number of aliphatic hydroxyl groups is 1. The third-order valence-corrected chi connectivity index (χ3v) is 4.96. The summed E-state index contributed by atoms with van der Waals surface area (Å²) in [7, 11) is 0. The van der Waals surface area contributed by atoms with Gasteiger partial charge in [-0.05, 0) is 25.7 Å². The van der Waals surface area contributed by atoms with Crippen molar-refractivity contribution < 1.29 is 9.90 Å². The maximum atomic E-state index is 12.5. The van der Waals surface area contributed by atoms with Crippen molar-refractivity contribution in [3.05, 3.63) is 0 Å². The molecule has 0 aliphatic rings. The average molecular weight is 356 g/mol. The standard InChI is InChI=1S/C22H45NO2/c1-3-5-7-9-11-15-19-23(20-16-12-10-8-6-4-2)22(25)18-14-13-17-21-24/h24H,3-21H2,1-2H3. The minimum absolute atomic E-state index is 0.243. The predicted octanol–water partition coefficient (Wildman–Crippen LogP) is 6.09. The van der Waals surface area contributed by atoms with Gasteiger partial charge in [0.25, 0.3) is 0 Å². The molecule has 0 aromatic heterocycles. The second-order valence-corrected chi connectivity index (χ2v) is 7.45. The van der Waals surface area contributed by atoms with E-state index in [-0.39, 0.29) is 6.61 Å². The zero-order valence-corrected chi connectivity index (χ0v) is 17.2. The summed E-state index contributed by atoms with van der Waals surface area (Å²) in [6, 6.07) is 0. The molecular formula is C22H45NO2. The summed E-state index contributed by atoms with van der Waals surface area (Å²) in [5.74, 6) is 0.333. The number of hydrogen-bond acceptors (Lipinski definition) is 2. The second-order valence-electron chi connectivity index (χ2n) is 7.45. The van der Waals surface area contributed by atoms with Crippen molar-refractivity contribution in [1.82, 2.24) is 4.90 Å². The van der Waals surface area contributed by atoms with Crippen molar-refractivity contribution in [2.24, 2.45) is 0 Å². The Kier molecular flexibility index (Phi) is 19.3. The van der Waals surface area contributed by atoms with E-state index in [2.05, 4.69) is 18.7 Å². The minimum atomic E-state index is 0.243. The summed E-state index contributed by atoms with van der Waals surface area (Å²) < 4.78 is 0. The van der Waals surface area contributed by atoms with Crippen LogP contribution in [0, 0.1) is 0 Å². The van der Waals surface area contributed by atoms with Gasteiger partial charge in [-0.15, -0.1) is 0 Å². The summed E-state index contributed by atoms with van der Waals surface area (Å²) in [4.78, 5) is 14.6. The highest BCUT2D eigenvalue weighted by atomic mass is 16.2. The zero-order valence-electron chi connectivity index (χ0n) is 17.2. The number of carbonyl (C=O) groups is 1. The molecule has 0 radical (unpaired) electrons. The summed E-state index contributed by atoms with van der Waals surface area (Å²) in [6.45, 7) is 6.63. The Morgan fingerprint density at radius 1 is 0.640 bits per heavy atom. The lowest BCUT2D eigenvalue weighted by molar-refractivity contribution is -0.131. The van der Waals surface area contributed by atoms with Gasteiger partial charge in [0.05, 0.1) is 0 Å². The van der Waals surface area contributed by atoms with Crippen LogP contribution in [0.2, 0.25) is 0 Å². The van der Waals surface area contributed by atoms with Crippen LogP contribution in [0.4, 0.5) is 0 Å². The lowest BCUT2D eigenvalue weighted by atomic mass is 10.1. The SMILES string of the molecule is CCCCCCCCN(CCCCCCCC)C(=O)CCCCCO. The molecule has 0 atom stereocenters. The van der Waals surface area contributed by atoms with Crippen LogP contribution in [0.25, 0.3) is 0 Å². The van der Waals surface area contributed by atoms with Crippen molar-refractivity contribution in [2.45, 2.75) is 117 Å². The lowest BCUT2D eigenvalue weighted by Crippen LogP contribution is -2.32. The Hall–Kier alpha value is -0.570. The molecular weight excluding hydrogens is 310 g/mol. The average Bonchev–Trinajstić information content (AvgIpc) is 2.62. The fraction of sp³-hybridized carbons (Fsp3) is 0.955. The first-order chi connectivity index (χ1) is 12.3. The first kappa shape index (κ1) is 24.4. The van der Waals surface area contributed by atoms with E-state index in [1.54, 1.807) is 0 Å². The topological polar surface area (TPSA) is 40.5 Å². The number of unbranched alkanes of at least 4 members (excludes halogenated alkanes) is 12. The van der Waals surface area contributed by atoms with Gasteiger partial charge in [0.2, 0.25) is 5.91 Å². The minimum Gasteiger partial charge on any atom is -0.396 e. The predicted molar refractivity (Wildman–Crippen MR) is 109 cm³/mol. The molecule has 1 amide bonds. The first-order valence-electron chi connectivity index (χ1n) is 11.1. The van der Waals surface area contributed by atoms with Crippen LogP contribution < -0.4 is 0 Å². The molecule has 0 aromatic carbocycles. The van der Waals surface area contributed by atoms with Crippen molar-refractivity contribution in [2.75, 3.05) is 19.7 Å². The van der Waals surface area contributed by atoms with Gasteiger partial charge in [-0.1, -0.05) is 84.5 Å². The molecule has 3 heteroatoms. The van der Waals surface area contributed by atoms with Gasteiger partial charge in [0, 0.05) is 26.1 Å². The third-order valence-electron chi connectivity index (χ3n) is 4.96. The Balaban J connectivity index is 4.00. The summed E-state index contributed by atoms with van der Waals surface area (Å²) in [5, 5.41) is 8.85. The van der Waals surface area contributed by atoms with Crippen LogP contribution in [0.5, 0.6) is 0 Å². The summed E-state index contributed by atoms with van der Waals surface area (Å²) >= 11 is 0. The maximum Gasteiger partial charge on any atom is 0.222 e. The number of carbonyl (C=O) groups excluding carboxylic acids is 1. The molecule has 0 bridgehead atoms. The Labute approximate surface area is 157 Å². The molecule has 1 N–H and O–H groups in total. The zero-order chi connectivity index (χ0) is 18.6. The Bertz CT molecular complexity index is 265. The molecule has 0 rings (SSSR count). The molecule has 3 nitrogen and oxygen atoms in total. The van der Waals surface area contributed by atoms with Gasteiger partial charge in [0.1, 0.15) is 0 Å². The summed E-state index contributed by atoms with van der Waals surface area (Å²) in [5.41, 5.74) is 0. The molecule has 0 aromatic rings. The van der Waals surface area contributed by atoms with E-state index in [1.807, 2.05) is 0 Å². The molecule has 0 saturated heterocycles.